The Morgan fingerprint density at radius 2 is 1.77 bits per heavy atom. The van der Waals surface area contributed by atoms with E-state index >= 15 is 0 Å². The molecule has 136 valence electrons. The van der Waals surface area contributed by atoms with Gasteiger partial charge in [-0.15, -0.1) is 13.2 Å². The van der Waals surface area contributed by atoms with E-state index in [0.29, 0.717) is 12.1 Å². The fraction of sp³-hybridized carbons (Fsp3) is 0.167. The Kier molecular flexibility index (Phi) is 4.75. The number of methoxy groups -OCH3 is 1. The number of benzene rings is 2. The number of hydrogen-bond acceptors (Lipinski definition) is 4. The lowest BCUT2D eigenvalue weighted by Crippen LogP contribution is -2.17. The van der Waals surface area contributed by atoms with Crippen molar-refractivity contribution in [3.63, 3.8) is 0 Å². The predicted molar refractivity (Wildman–Crippen MR) is 88.1 cm³/mol. The molecule has 0 bridgehead atoms. The SMILES string of the molecule is COc1ccc(Cn2cc(-c3cc(OC(F)(F)F)ccc3O)cn2)cc1. The summed E-state index contributed by atoms with van der Waals surface area (Å²) in [5, 5.41) is 14.1. The number of aromatic nitrogens is 2. The Bertz CT molecular complexity index is 889. The molecular weight excluding hydrogens is 349 g/mol. The van der Waals surface area contributed by atoms with Crippen molar-refractivity contribution in [3.05, 3.63) is 60.4 Å². The molecule has 0 saturated carbocycles. The quantitative estimate of drug-likeness (QED) is 0.737. The lowest BCUT2D eigenvalue weighted by Gasteiger charge is -2.10. The highest BCUT2D eigenvalue weighted by Gasteiger charge is 2.31. The van der Waals surface area contributed by atoms with Crippen molar-refractivity contribution in [2.75, 3.05) is 7.11 Å². The largest absolute Gasteiger partial charge is 0.573 e. The number of phenols is 1. The first-order valence-corrected chi connectivity index (χ1v) is 7.58. The standard InChI is InChI=1S/C18H15F3N2O3/c1-25-14-4-2-12(3-5-14)10-23-11-13(9-22-23)16-8-15(6-7-17(16)24)26-18(19,20)21/h2-9,11,24H,10H2,1H3. The third-order valence-electron chi connectivity index (χ3n) is 3.65. The molecule has 0 saturated heterocycles. The first-order valence-electron chi connectivity index (χ1n) is 7.58. The van der Waals surface area contributed by atoms with Gasteiger partial charge in [0.2, 0.25) is 0 Å². The molecule has 3 aromatic rings. The second kappa shape index (κ2) is 6.99. The van der Waals surface area contributed by atoms with E-state index in [1.165, 1.54) is 6.20 Å². The highest BCUT2D eigenvalue weighted by molar-refractivity contribution is 5.70. The number of ether oxygens (including phenoxy) is 2. The number of alkyl halides is 3. The van der Waals surface area contributed by atoms with E-state index in [9.17, 15) is 18.3 Å². The molecule has 0 fully saturated rings. The highest BCUT2D eigenvalue weighted by atomic mass is 19.4. The van der Waals surface area contributed by atoms with E-state index < -0.39 is 12.1 Å². The van der Waals surface area contributed by atoms with Crippen LogP contribution < -0.4 is 9.47 Å². The van der Waals surface area contributed by atoms with Crippen molar-refractivity contribution in [3.8, 4) is 28.4 Å². The van der Waals surface area contributed by atoms with Crippen molar-refractivity contribution < 1.29 is 27.8 Å². The average molecular weight is 364 g/mol. The Hall–Kier alpha value is -3.16. The molecule has 0 aliphatic rings. The van der Waals surface area contributed by atoms with Gasteiger partial charge in [-0.1, -0.05) is 12.1 Å². The number of halogens is 3. The van der Waals surface area contributed by atoms with E-state index in [1.54, 1.807) is 18.0 Å². The first kappa shape index (κ1) is 17.7. The molecule has 0 aliphatic carbocycles. The van der Waals surface area contributed by atoms with Gasteiger partial charge in [0.25, 0.3) is 0 Å². The molecule has 0 unspecified atom stereocenters. The van der Waals surface area contributed by atoms with Gasteiger partial charge in [0.1, 0.15) is 17.2 Å². The van der Waals surface area contributed by atoms with Gasteiger partial charge < -0.3 is 14.6 Å². The predicted octanol–water partition coefficient (Wildman–Crippen LogP) is 4.21. The van der Waals surface area contributed by atoms with Crippen LogP contribution in [-0.4, -0.2) is 28.4 Å². The molecule has 2 aromatic carbocycles. The van der Waals surface area contributed by atoms with E-state index in [-0.39, 0.29) is 11.3 Å². The lowest BCUT2D eigenvalue weighted by molar-refractivity contribution is -0.274. The molecular formula is C18H15F3N2O3. The fourth-order valence-electron chi connectivity index (χ4n) is 2.45. The highest BCUT2D eigenvalue weighted by Crippen LogP contribution is 2.34. The van der Waals surface area contributed by atoms with Gasteiger partial charge in [-0.3, -0.25) is 4.68 Å². The summed E-state index contributed by atoms with van der Waals surface area (Å²) < 4.78 is 47.7. The zero-order valence-electron chi connectivity index (χ0n) is 13.7. The maximum atomic E-state index is 12.4. The van der Waals surface area contributed by atoms with Crippen molar-refractivity contribution in [1.29, 1.82) is 0 Å². The van der Waals surface area contributed by atoms with Crippen LogP contribution in [0.2, 0.25) is 0 Å². The number of hydrogen-bond donors (Lipinski definition) is 1. The van der Waals surface area contributed by atoms with Gasteiger partial charge in [0.05, 0.1) is 19.9 Å². The van der Waals surface area contributed by atoms with Crippen molar-refractivity contribution in [2.24, 2.45) is 0 Å². The molecule has 8 heteroatoms. The second-order valence-corrected chi connectivity index (χ2v) is 5.50. The minimum absolute atomic E-state index is 0.163. The summed E-state index contributed by atoms with van der Waals surface area (Å²) >= 11 is 0. The molecule has 3 rings (SSSR count). The Morgan fingerprint density at radius 1 is 1.08 bits per heavy atom. The number of phenolic OH excluding ortho intramolecular Hbond substituents is 1. The second-order valence-electron chi connectivity index (χ2n) is 5.50. The smallest absolute Gasteiger partial charge is 0.507 e. The molecule has 1 aromatic heterocycles. The fourth-order valence-corrected chi connectivity index (χ4v) is 2.45. The summed E-state index contributed by atoms with van der Waals surface area (Å²) in [4.78, 5) is 0. The van der Waals surface area contributed by atoms with E-state index in [0.717, 1.165) is 29.5 Å². The molecule has 1 heterocycles. The van der Waals surface area contributed by atoms with Gasteiger partial charge in [0, 0.05) is 17.3 Å². The third-order valence-corrected chi connectivity index (χ3v) is 3.65. The normalized spacial score (nSPS) is 11.4. The lowest BCUT2D eigenvalue weighted by atomic mass is 10.1. The summed E-state index contributed by atoms with van der Waals surface area (Å²) in [5.74, 6) is 0.165. The van der Waals surface area contributed by atoms with Gasteiger partial charge in [-0.2, -0.15) is 5.10 Å². The zero-order valence-corrected chi connectivity index (χ0v) is 13.7. The van der Waals surface area contributed by atoms with Crippen molar-refractivity contribution in [2.45, 2.75) is 12.9 Å². The van der Waals surface area contributed by atoms with Crippen LogP contribution in [-0.2, 0) is 6.54 Å². The van der Waals surface area contributed by atoms with Crippen LogP contribution in [0, 0.1) is 0 Å². The molecule has 26 heavy (non-hydrogen) atoms. The molecule has 0 radical (unpaired) electrons. The number of nitrogens with zero attached hydrogens (tertiary/aromatic N) is 2. The average Bonchev–Trinajstić information content (AvgIpc) is 3.04. The summed E-state index contributed by atoms with van der Waals surface area (Å²) in [6, 6.07) is 10.7. The Balaban J connectivity index is 1.81. The Morgan fingerprint density at radius 3 is 2.42 bits per heavy atom. The summed E-state index contributed by atoms with van der Waals surface area (Å²) in [5.41, 5.74) is 1.65. The van der Waals surface area contributed by atoms with Crippen LogP contribution in [0.1, 0.15) is 5.56 Å². The minimum atomic E-state index is -4.80. The first-order chi connectivity index (χ1) is 12.3. The molecule has 1 N–H and O–H groups in total. The topological polar surface area (TPSA) is 56.5 Å². The maximum Gasteiger partial charge on any atom is 0.573 e. The third kappa shape index (κ3) is 4.27. The molecule has 0 aliphatic heterocycles. The summed E-state index contributed by atoms with van der Waals surface area (Å²) in [7, 11) is 1.58. The maximum absolute atomic E-state index is 12.4. The van der Waals surface area contributed by atoms with Crippen LogP contribution in [0.5, 0.6) is 17.2 Å². The minimum Gasteiger partial charge on any atom is -0.507 e. The molecule has 5 nitrogen and oxygen atoms in total. The molecule has 0 spiro atoms. The molecule has 0 atom stereocenters. The van der Waals surface area contributed by atoms with E-state index in [1.807, 2.05) is 24.3 Å². The Labute approximate surface area is 147 Å². The summed E-state index contributed by atoms with van der Waals surface area (Å²) in [6.07, 6.45) is -1.70. The van der Waals surface area contributed by atoms with Crippen LogP contribution in [0.4, 0.5) is 13.2 Å². The van der Waals surface area contributed by atoms with Crippen molar-refractivity contribution >= 4 is 0 Å². The number of aromatic hydroxyl groups is 1. The van der Waals surface area contributed by atoms with Gasteiger partial charge in [-0.25, -0.2) is 0 Å². The summed E-state index contributed by atoms with van der Waals surface area (Å²) in [6.45, 7) is 0.462. The van der Waals surface area contributed by atoms with E-state index in [4.69, 9.17) is 4.74 Å². The van der Waals surface area contributed by atoms with Gasteiger partial charge >= 0.3 is 6.36 Å². The van der Waals surface area contributed by atoms with Crippen LogP contribution in [0.15, 0.2) is 54.9 Å². The van der Waals surface area contributed by atoms with Crippen LogP contribution >= 0.6 is 0 Å². The van der Waals surface area contributed by atoms with Gasteiger partial charge in [0.15, 0.2) is 0 Å². The molecule has 0 amide bonds. The monoisotopic (exact) mass is 364 g/mol. The van der Waals surface area contributed by atoms with Gasteiger partial charge in [-0.05, 0) is 35.9 Å². The van der Waals surface area contributed by atoms with Crippen LogP contribution in [0.25, 0.3) is 11.1 Å². The number of rotatable bonds is 5. The van der Waals surface area contributed by atoms with E-state index in [2.05, 4.69) is 9.84 Å². The van der Waals surface area contributed by atoms with Crippen LogP contribution in [0.3, 0.4) is 0 Å². The van der Waals surface area contributed by atoms with Crippen molar-refractivity contribution in [1.82, 2.24) is 9.78 Å². The zero-order chi connectivity index (χ0) is 18.7.